The lowest BCUT2D eigenvalue weighted by molar-refractivity contribution is -0.139. The van der Waals surface area contributed by atoms with Crippen molar-refractivity contribution >= 4 is 12.0 Å². The van der Waals surface area contributed by atoms with E-state index in [9.17, 15) is 9.59 Å². The summed E-state index contributed by atoms with van der Waals surface area (Å²) >= 11 is 0. The zero-order valence-electron chi connectivity index (χ0n) is 20.3. The van der Waals surface area contributed by atoms with Crippen LogP contribution in [-0.2, 0) is 16.1 Å². The number of benzene rings is 2. The Kier molecular flexibility index (Phi) is 7.65. The minimum absolute atomic E-state index is 0.209. The zero-order valence-corrected chi connectivity index (χ0v) is 20.3. The number of hydrogen-bond donors (Lipinski definition) is 1. The number of hydrogen-bond acceptors (Lipinski definition) is 5. The van der Waals surface area contributed by atoms with E-state index in [-0.39, 0.29) is 18.6 Å². The number of piperazine rings is 1. The average molecular weight is 463 g/mol. The summed E-state index contributed by atoms with van der Waals surface area (Å²) in [5.74, 6) is -0.375. The predicted octanol–water partition coefficient (Wildman–Crippen LogP) is 3.33. The number of nitrogens with one attached hydrogen (secondary N) is 1. The molecule has 0 aromatic heterocycles. The SMILES string of the molecule is CCOC(=O)C1=C(CN2CCN(Cc3ccccc3)CC2)N(C)C(=O)NC1c1ccccc1C. The van der Waals surface area contributed by atoms with Gasteiger partial charge in [-0.15, -0.1) is 0 Å². The molecule has 2 aromatic carbocycles. The second-order valence-electron chi connectivity index (χ2n) is 8.92. The molecule has 0 saturated carbocycles. The first kappa shape index (κ1) is 24.0. The van der Waals surface area contributed by atoms with E-state index in [1.165, 1.54) is 5.56 Å². The first-order chi connectivity index (χ1) is 16.5. The fourth-order valence-corrected chi connectivity index (χ4v) is 4.70. The maximum Gasteiger partial charge on any atom is 0.338 e. The Morgan fingerprint density at radius 1 is 0.971 bits per heavy atom. The van der Waals surface area contributed by atoms with E-state index in [0.717, 1.165) is 43.9 Å². The van der Waals surface area contributed by atoms with Crippen molar-refractivity contribution in [3.05, 3.63) is 82.6 Å². The summed E-state index contributed by atoms with van der Waals surface area (Å²) in [5, 5.41) is 3.02. The molecule has 2 aliphatic heterocycles. The van der Waals surface area contributed by atoms with Crippen molar-refractivity contribution in [2.24, 2.45) is 0 Å². The van der Waals surface area contributed by atoms with Gasteiger partial charge in [-0.1, -0.05) is 54.6 Å². The number of rotatable bonds is 7. The van der Waals surface area contributed by atoms with Crippen LogP contribution in [0.4, 0.5) is 4.79 Å². The Hall–Kier alpha value is -3.16. The normalized spacial score (nSPS) is 19.8. The molecular weight excluding hydrogens is 428 g/mol. The molecule has 2 heterocycles. The molecule has 0 radical (unpaired) electrons. The first-order valence-corrected chi connectivity index (χ1v) is 12.0. The standard InChI is InChI=1S/C27H34N4O3/c1-4-34-26(32)24-23(29(3)27(33)28-25(24)22-13-9-8-10-20(22)2)19-31-16-14-30(15-17-31)18-21-11-6-5-7-12-21/h5-13,25H,4,14-19H2,1-3H3,(H,28,33). The van der Waals surface area contributed by atoms with Crippen LogP contribution in [0.15, 0.2) is 65.9 Å². The van der Waals surface area contributed by atoms with E-state index in [2.05, 4.69) is 39.4 Å². The molecule has 2 aromatic rings. The summed E-state index contributed by atoms with van der Waals surface area (Å²) in [5.41, 5.74) is 4.48. The van der Waals surface area contributed by atoms with Crippen LogP contribution in [0.5, 0.6) is 0 Å². The second-order valence-corrected chi connectivity index (χ2v) is 8.92. The smallest absolute Gasteiger partial charge is 0.338 e. The van der Waals surface area contributed by atoms with Gasteiger partial charge in [-0.2, -0.15) is 0 Å². The minimum Gasteiger partial charge on any atom is -0.463 e. The van der Waals surface area contributed by atoms with Gasteiger partial charge in [0.05, 0.1) is 18.2 Å². The van der Waals surface area contributed by atoms with Gasteiger partial charge < -0.3 is 10.1 Å². The van der Waals surface area contributed by atoms with E-state index >= 15 is 0 Å². The summed E-state index contributed by atoms with van der Waals surface area (Å²) < 4.78 is 5.46. The third-order valence-electron chi connectivity index (χ3n) is 6.66. The Bertz CT molecular complexity index is 1040. The number of aryl methyl sites for hydroxylation is 1. The molecule has 1 unspecified atom stereocenters. The third kappa shape index (κ3) is 5.32. The maximum absolute atomic E-state index is 13.2. The molecule has 1 saturated heterocycles. The van der Waals surface area contributed by atoms with E-state index in [0.29, 0.717) is 17.8 Å². The molecule has 1 fully saturated rings. The van der Waals surface area contributed by atoms with Crippen LogP contribution in [0.2, 0.25) is 0 Å². The van der Waals surface area contributed by atoms with Crippen molar-refractivity contribution in [1.29, 1.82) is 0 Å². The number of esters is 1. The molecule has 7 nitrogen and oxygen atoms in total. The maximum atomic E-state index is 13.2. The van der Waals surface area contributed by atoms with Crippen LogP contribution < -0.4 is 5.32 Å². The highest BCUT2D eigenvalue weighted by Crippen LogP contribution is 2.33. The largest absolute Gasteiger partial charge is 0.463 e. The van der Waals surface area contributed by atoms with Crippen molar-refractivity contribution in [1.82, 2.24) is 20.0 Å². The molecule has 1 N–H and O–H groups in total. The van der Waals surface area contributed by atoms with Gasteiger partial charge in [-0.25, -0.2) is 9.59 Å². The first-order valence-electron chi connectivity index (χ1n) is 12.0. The van der Waals surface area contributed by atoms with Gasteiger partial charge in [0, 0.05) is 52.0 Å². The zero-order chi connectivity index (χ0) is 24.1. The molecule has 0 aliphatic carbocycles. The van der Waals surface area contributed by atoms with Crippen molar-refractivity contribution in [3.8, 4) is 0 Å². The Labute approximate surface area is 202 Å². The number of carbonyl (C=O) groups excluding carboxylic acids is 2. The van der Waals surface area contributed by atoms with Crippen molar-refractivity contribution < 1.29 is 14.3 Å². The topological polar surface area (TPSA) is 65.1 Å². The van der Waals surface area contributed by atoms with Gasteiger partial charge in [-0.3, -0.25) is 14.7 Å². The van der Waals surface area contributed by atoms with Crippen LogP contribution in [-0.4, -0.2) is 73.1 Å². The van der Waals surface area contributed by atoms with E-state index in [4.69, 9.17) is 4.74 Å². The van der Waals surface area contributed by atoms with Gasteiger partial charge in [0.2, 0.25) is 0 Å². The van der Waals surface area contributed by atoms with Gasteiger partial charge in [0.25, 0.3) is 0 Å². The van der Waals surface area contributed by atoms with Crippen LogP contribution in [0, 0.1) is 6.92 Å². The molecule has 1 atom stereocenters. The Morgan fingerprint density at radius 2 is 1.59 bits per heavy atom. The molecule has 7 heteroatoms. The lowest BCUT2D eigenvalue weighted by atomic mass is 9.91. The fraction of sp³-hybridized carbons (Fsp3) is 0.407. The third-order valence-corrected chi connectivity index (χ3v) is 6.66. The second kappa shape index (κ2) is 10.8. The quantitative estimate of drug-likeness (QED) is 0.640. The summed E-state index contributed by atoms with van der Waals surface area (Å²) in [7, 11) is 1.73. The van der Waals surface area contributed by atoms with Crippen LogP contribution >= 0.6 is 0 Å². The molecule has 4 rings (SSSR count). The monoisotopic (exact) mass is 462 g/mol. The number of ether oxygens (including phenoxy) is 1. The lowest BCUT2D eigenvalue weighted by Gasteiger charge is -2.39. The van der Waals surface area contributed by atoms with Crippen molar-refractivity contribution in [2.75, 3.05) is 46.4 Å². The van der Waals surface area contributed by atoms with Gasteiger partial charge in [0.15, 0.2) is 0 Å². The molecular formula is C27H34N4O3. The Morgan fingerprint density at radius 3 is 2.24 bits per heavy atom. The van der Waals surface area contributed by atoms with Crippen LogP contribution in [0.3, 0.4) is 0 Å². The highest BCUT2D eigenvalue weighted by Gasteiger charge is 2.38. The molecule has 2 amide bonds. The van der Waals surface area contributed by atoms with Gasteiger partial charge in [-0.05, 0) is 30.5 Å². The number of amides is 2. The molecule has 2 aliphatic rings. The molecule has 0 bridgehead atoms. The summed E-state index contributed by atoms with van der Waals surface area (Å²) in [6, 6.07) is 17.6. The highest BCUT2D eigenvalue weighted by molar-refractivity contribution is 5.95. The number of likely N-dealkylation sites (N-methyl/N-ethyl adjacent to an activating group) is 1. The van der Waals surface area contributed by atoms with E-state index < -0.39 is 6.04 Å². The molecule has 0 spiro atoms. The molecule has 34 heavy (non-hydrogen) atoms. The number of carbonyl (C=O) groups is 2. The highest BCUT2D eigenvalue weighted by atomic mass is 16.5. The average Bonchev–Trinajstić information content (AvgIpc) is 2.84. The van der Waals surface area contributed by atoms with E-state index in [1.54, 1.807) is 18.9 Å². The fourth-order valence-electron chi connectivity index (χ4n) is 4.70. The van der Waals surface area contributed by atoms with Crippen molar-refractivity contribution in [2.45, 2.75) is 26.4 Å². The van der Waals surface area contributed by atoms with Gasteiger partial charge in [0.1, 0.15) is 0 Å². The molecule has 180 valence electrons. The van der Waals surface area contributed by atoms with Gasteiger partial charge >= 0.3 is 12.0 Å². The lowest BCUT2D eigenvalue weighted by Crippen LogP contribution is -2.52. The van der Waals surface area contributed by atoms with Crippen LogP contribution in [0.1, 0.15) is 29.7 Å². The van der Waals surface area contributed by atoms with E-state index in [1.807, 2.05) is 37.3 Å². The van der Waals surface area contributed by atoms with Crippen molar-refractivity contribution in [3.63, 3.8) is 0 Å². The Balaban J connectivity index is 1.56. The van der Waals surface area contributed by atoms with Crippen LogP contribution in [0.25, 0.3) is 0 Å². The summed E-state index contributed by atoms with van der Waals surface area (Å²) in [6.45, 7) is 9.16. The number of nitrogens with zero attached hydrogens (tertiary/aromatic N) is 3. The minimum atomic E-state index is -0.529. The summed E-state index contributed by atoms with van der Waals surface area (Å²) in [4.78, 5) is 32.4. The number of urea groups is 1. The predicted molar refractivity (Wildman–Crippen MR) is 132 cm³/mol. The summed E-state index contributed by atoms with van der Waals surface area (Å²) in [6.07, 6.45) is 0.